The van der Waals surface area contributed by atoms with Crippen LogP contribution in [0.15, 0.2) is 53.7 Å². The van der Waals surface area contributed by atoms with Crippen molar-refractivity contribution in [3.05, 3.63) is 69.7 Å². The molecule has 0 spiro atoms. The lowest BCUT2D eigenvalue weighted by molar-refractivity contribution is -0.0918. The van der Waals surface area contributed by atoms with Crippen molar-refractivity contribution in [3.63, 3.8) is 0 Å². The van der Waals surface area contributed by atoms with Gasteiger partial charge in [-0.15, -0.1) is 0 Å². The van der Waals surface area contributed by atoms with Crippen molar-refractivity contribution in [2.24, 2.45) is 28.3 Å². The first kappa shape index (κ1) is 29.4. The molecule has 7 heteroatoms. The summed E-state index contributed by atoms with van der Waals surface area (Å²) in [7, 11) is 1.61. The van der Waals surface area contributed by atoms with Crippen molar-refractivity contribution in [3.8, 4) is 0 Å². The summed E-state index contributed by atoms with van der Waals surface area (Å²) in [6.45, 7) is 3.84. The molecule has 1 heterocycles. The number of halogens is 2. The van der Waals surface area contributed by atoms with E-state index in [0.717, 1.165) is 80.1 Å². The van der Waals surface area contributed by atoms with E-state index < -0.39 is 5.60 Å². The highest BCUT2D eigenvalue weighted by Crippen LogP contribution is 2.60. The third-order valence-electron chi connectivity index (χ3n) is 10.5. The summed E-state index contributed by atoms with van der Waals surface area (Å²) in [5.74, 6) is 2.72. The molecule has 0 amide bonds. The molecule has 4 saturated carbocycles. The standard InChI is InChI=1S/C34H44Cl2N2O3/c1-40-37-32(22-41-23-33-19-24-15-25(20-33)17-26(16-24)21-33)29(27-7-8-30(35)31(36)18-27)9-12-38-13-10-34(39,11-14-38)28-5-3-2-4-6-28/h2-8,18,24-26,29,39H,9-17,19-23H2,1H3/b37-32-. The number of nitrogens with zero attached hydrogens (tertiary/aromatic N) is 2. The van der Waals surface area contributed by atoms with Crippen LogP contribution < -0.4 is 0 Å². The lowest BCUT2D eigenvalue weighted by Crippen LogP contribution is -2.48. The SMILES string of the molecule is CO/N=C(/COCC12CC3CC(CC(C3)C1)C2)C(CCN1CCC(O)(c2ccccc2)CC1)c1ccc(Cl)c(Cl)c1. The molecule has 1 unspecified atom stereocenters. The fourth-order valence-corrected chi connectivity index (χ4v) is 9.20. The summed E-state index contributed by atoms with van der Waals surface area (Å²) in [5, 5.41) is 16.9. The van der Waals surface area contributed by atoms with E-state index in [2.05, 4.69) is 10.1 Å². The number of hydrogen-bond donors (Lipinski definition) is 1. The maximum absolute atomic E-state index is 11.3. The number of rotatable bonds is 11. The molecule has 1 N–H and O–H groups in total. The van der Waals surface area contributed by atoms with Crippen LogP contribution in [0.1, 0.15) is 74.8 Å². The van der Waals surface area contributed by atoms with Gasteiger partial charge in [0.05, 0.1) is 34.6 Å². The third-order valence-corrected chi connectivity index (χ3v) is 11.2. The van der Waals surface area contributed by atoms with Crippen LogP contribution in [0.3, 0.4) is 0 Å². The van der Waals surface area contributed by atoms with Crippen molar-refractivity contribution < 1.29 is 14.7 Å². The largest absolute Gasteiger partial charge is 0.399 e. The lowest BCUT2D eigenvalue weighted by atomic mass is 9.50. The lowest BCUT2D eigenvalue weighted by Gasteiger charge is -2.56. The summed E-state index contributed by atoms with van der Waals surface area (Å²) in [4.78, 5) is 7.82. The molecule has 5 nitrogen and oxygen atoms in total. The van der Waals surface area contributed by atoms with Crippen molar-refractivity contribution in [2.75, 3.05) is 40.0 Å². The van der Waals surface area contributed by atoms with Crippen molar-refractivity contribution >= 4 is 28.9 Å². The Kier molecular flexibility index (Phi) is 9.00. The normalized spacial score (nSPS) is 30.0. The second kappa shape index (κ2) is 12.5. The van der Waals surface area contributed by atoms with Gasteiger partial charge in [0.25, 0.3) is 0 Å². The smallest absolute Gasteiger partial charge is 0.106 e. The molecule has 4 bridgehead atoms. The Morgan fingerprint density at radius 2 is 1.63 bits per heavy atom. The first-order valence-corrected chi connectivity index (χ1v) is 16.2. The molecular formula is C34H44Cl2N2O3. The average Bonchev–Trinajstić information content (AvgIpc) is 2.95. The Morgan fingerprint density at radius 3 is 2.24 bits per heavy atom. The van der Waals surface area contributed by atoms with Gasteiger partial charge in [0.1, 0.15) is 7.11 Å². The summed E-state index contributed by atoms with van der Waals surface area (Å²) >= 11 is 12.8. The zero-order chi connectivity index (χ0) is 28.5. The summed E-state index contributed by atoms with van der Waals surface area (Å²) in [6, 6.07) is 16.0. The maximum Gasteiger partial charge on any atom is 0.106 e. The molecular weight excluding hydrogens is 555 g/mol. The van der Waals surface area contributed by atoms with Gasteiger partial charge in [-0.2, -0.15) is 0 Å². The maximum atomic E-state index is 11.3. The minimum Gasteiger partial charge on any atom is -0.399 e. The van der Waals surface area contributed by atoms with Gasteiger partial charge in [-0.05, 0) is 111 Å². The van der Waals surface area contributed by atoms with E-state index in [1.54, 1.807) is 7.11 Å². The van der Waals surface area contributed by atoms with Gasteiger partial charge >= 0.3 is 0 Å². The Morgan fingerprint density at radius 1 is 0.976 bits per heavy atom. The molecule has 222 valence electrons. The Labute approximate surface area is 255 Å². The van der Waals surface area contributed by atoms with E-state index in [1.807, 2.05) is 48.5 Å². The van der Waals surface area contributed by atoms with Crippen molar-refractivity contribution in [2.45, 2.75) is 69.3 Å². The van der Waals surface area contributed by atoms with E-state index in [9.17, 15) is 5.11 Å². The minimum atomic E-state index is -0.755. The van der Waals surface area contributed by atoms with E-state index in [0.29, 0.717) is 22.1 Å². The number of benzene rings is 2. The molecule has 0 radical (unpaired) electrons. The quantitative estimate of drug-likeness (QED) is 0.213. The molecule has 7 rings (SSSR count). The highest BCUT2D eigenvalue weighted by Gasteiger charge is 2.51. The number of hydrogen-bond acceptors (Lipinski definition) is 5. The zero-order valence-corrected chi connectivity index (χ0v) is 25.8. The van der Waals surface area contributed by atoms with Gasteiger partial charge in [0.15, 0.2) is 0 Å². The Bertz CT molecular complexity index is 1180. The molecule has 5 aliphatic rings. The molecule has 1 atom stereocenters. The Balaban J connectivity index is 1.12. The van der Waals surface area contributed by atoms with E-state index in [1.165, 1.54) is 38.5 Å². The second-order valence-electron chi connectivity index (χ2n) is 13.4. The predicted molar refractivity (Wildman–Crippen MR) is 166 cm³/mol. The minimum absolute atomic E-state index is 0.00369. The molecule has 0 aromatic heterocycles. The number of oxime groups is 1. The van der Waals surface area contributed by atoms with Crippen LogP contribution in [0.4, 0.5) is 0 Å². The monoisotopic (exact) mass is 598 g/mol. The van der Waals surface area contributed by atoms with E-state index in [-0.39, 0.29) is 5.92 Å². The number of ether oxygens (including phenoxy) is 1. The number of aliphatic hydroxyl groups is 1. The van der Waals surface area contributed by atoms with Crippen molar-refractivity contribution in [1.29, 1.82) is 0 Å². The summed E-state index contributed by atoms with van der Waals surface area (Å²) < 4.78 is 6.54. The molecule has 2 aromatic rings. The van der Waals surface area contributed by atoms with Crippen LogP contribution in [-0.2, 0) is 15.2 Å². The van der Waals surface area contributed by atoms with Crippen LogP contribution in [0.5, 0.6) is 0 Å². The first-order chi connectivity index (χ1) is 19.8. The number of piperidine rings is 1. The topological polar surface area (TPSA) is 54.3 Å². The molecule has 4 aliphatic carbocycles. The summed E-state index contributed by atoms with van der Waals surface area (Å²) in [5.41, 5.74) is 2.59. The van der Waals surface area contributed by atoms with Crippen LogP contribution in [0.2, 0.25) is 10.0 Å². The zero-order valence-electron chi connectivity index (χ0n) is 24.2. The molecule has 1 aliphatic heterocycles. The Hall–Kier alpha value is -1.63. The van der Waals surface area contributed by atoms with E-state index >= 15 is 0 Å². The fraction of sp³-hybridized carbons (Fsp3) is 0.618. The van der Waals surface area contributed by atoms with Crippen LogP contribution in [0, 0.1) is 23.2 Å². The van der Waals surface area contributed by atoms with Crippen LogP contribution in [-0.4, -0.2) is 55.7 Å². The molecule has 5 fully saturated rings. The highest BCUT2D eigenvalue weighted by atomic mass is 35.5. The molecule has 41 heavy (non-hydrogen) atoms. The van der Waals surface area contributed by atoms with Gasteiger partial charge in [0.2, 0.25) is 0 Å². The van der Waals surface area contributed by atoms with Crippen LogP contribution >= 0.6 is 23.2 Å². The average molecular weight is 600 g/mol. The highest BCUT2D eigenvalue weighted by molar-refractivity contribution is 6.42. The molecule has 1 saturated heterocycles. The number of likely N-dealkylation sites (tertiary alicyclic amines) is 1. The van der Waals surface area contributed by atoms with Gasteiger partial charge in [0, 0.05) is 19.0 Å². The second-order valence-corrected chi connectivity index (χ2v) is 14.2. The third kappa shape index (κ3) is 6.65. The van der Waals surface area contributed by atoms with Crippen molar-refractivity contribution in [1.82, 2.24) is 4.90 Å². The van der Waals surface area contributed by atoms with Gasteiger partial charge in [-0.1, -0.05) is 64.8 Å². The van der Waals surface area contributed by atoms with Crippen LogP contribution in [0.25, 0.3) is 0 Å². The fourth-order valence-electron chi connectivity index (χ4n) is 8.90. The van der Waals surface area contributed by atoms with Gasteiger partial charge < -0.3 is 19.6 Å². The molecule has 2 aromatic carbocycles. The van der Waals surface area contributed by atoms with Gasteiger partial charge in [-0.3, -0.25) is 0 Å². The predicted octanol–water partition coefficient (Wildman–Crippen LogP) is 7.69. The summed E-state index contributed by atoms with van der Waals surface area (Å²) in [6.07, 6.45) is 10.6. The first-order valence-electron chi connectivity index (χ1n) is 15.5. The van der Waals surface area contributed by atoms with E-state index in [4.69, 9.17) is 32.8 Å². The van der Waals surface area contributed by atoms with Gasteiger partial charge in [-0.25, -0.2) is 0 Å².